The minimum absolute atomic E-state index is 0.00550. The van der Waals surface area contributed by atoms with Crippen molar-refractivity contribution in [2.24, 2.45) is 0 Å². The molecule has 3 rings (SSSR count). The van der Waals surface area contributed by atoms with E-state index >= 15 is 0 Å². The van der Waals surface area contributed by atoms with Gasteiger partial charge in [-0.05, 0) is 6.92 Å². The first-order valence-electron chi connectivity index (χ1n) is 7.27. The number of benzene rings is 1. The molecule has 0 bridgehead atoms. The van der Waals surface area contributed by atoms with Crippen LogP contribution in [0.5, 0.6) is 0 Å². The van der Waals surface area contributed by atoms with Crippen LogP contribution in [-0.4, -0.2) is 30.0 Å². The Morgan fingerprint density at radius 3 is 2.95 bits per heavy atom. The zero-order chi connectivity index (χ0) is 15.4. The summed E-state index contributed by atoms with van der Waals surface area (Å²) in [5.41, 5.74) is 10.6. The van der Waals surface area contributed by atoms with Gasteiger partial charge in [0.15, 0.2) is 0 Å². The Kier molecular flexibility index (Phi) is 4.79. The number of hydrogen-bond acceptors (Lipinski definition) is 6. The van der Waals surface area contributed by atoms with Crippen LogP contribution in [0.2, 0.25) is 0 Å². The molecule has 116 valence electrons. The number of hydrogen-bond donors (Lipinski definition) is 4. The molecule has 0 aliphatic carbocycles. The van der Waals surface area contributed by atoms with E-state index in [1.807, 2.05) is 18.2 Å². The Hall–Kier alpha value is -1.80. The summed E-state index contributed by atoms with van der Waals surface area (Å²) in [7, 11) is 0. The van der Waals surface area contributed by atoms with Crippen molar-refractivity contribution >= 4 is 17.2 Å². The molecule has 0 spiro atoms. The fourth-order valence-electron chi connectivity index (χ4n) is 2.34. The van der Waals surface area contributed by atoms with E-state index in [1.54, 1.807) is 11.3 Å². The number of carbonyl (C=O) groups excluding carboxylic acids is 1. The first kappa shape index (κ1) is 15.1. The molecular formula is C15H19N5OS. The van der Waals surface area contributed by atoms with Crippen LogP contribution in [-0.2, 0) is 11.2 Å². The molecule has 1 aliphatic heterocycles. The monoisotopic (exact) mass is 317 g/mol. The minimum Gasteiger partial charge on any atom is -0.354 e. The van der Waals surface area contributed by atoms with Gasteiger partial charge in [0, 0.05) is 30.0 Å². The van der Waals surface area contributed by atoms with Crippen molar-refractivity contribution in [3.8, 4) is 11.3 Å². The van der Waals surface area contributed by atoms with Gasteiger partial charge < -0.3 is 5.32 Å². The summed E-state index contributed by atoms with van der Waals surface area (Å²) < 4.78 is 0. The highest BCUT2D eigenvalue weighted by Gasteiger charge is 2.21. The molecule has 1 aromatic carbocycles. The number of nitrogens with zero attached hydrogens (tertiary/aromatic N) is 1. The van der Waals surface area contributed by atoms with Crippen LogP contribution in [0.25, 0.3) is 11.3 Å². The van der Waals surface area contributed by atoms with Crippen LogP contribution in [0, 0.1) is 6.92 Å². The van der Waals surface area contributed by atoms with Gasteiger partial charge in [0.2, 0.25) is 5.91 Å². The van der Waals surface area contributed by atoms with Crippen molar-refractivity contribution < 1.29 is 4.79 Å². The van der Waals surface area contributed by atoms with Crippen molar-refractivity contribution in [2.45, 2.75) is 19.4 Å². The lowest BCUT2D eigenvalue weighted by molar-refractivity contribution is -0.122. The Labute approximate surface area is 133 Å². The van der Waals surface area contributed by atoms with Gasteiger partial charge in [-0.2, -0.15) is 5.53 Å². The van der Waals surface area contributed by atoms with Crippen LogP contribution in [0.1, 0.15) is 9.88 Å². The summed E-state index contributed by atoms with van der Waals surface area (Å²) in [4.78, 5) is 17.8. The highest BCUT2D eigenvalue weighted by atomic mass is 32.1. The Balaban J connectivity index is 1.56. The molecule has 7 heteroatoms. The molecule has 4 N–H and O–H groups in total. The molecule has 0 radical (unpaired) electrons. The molecule has 1 amide bonds. The maximum absolute atomic E-state index is 11.9. The molecule has 22 heavy (non-hydrogen) atoms. The zero-order valence-corrected chi connectivity index (χ0v) is 13.2. The van der Waals surface area contributed by atoms with Gasteiger partial charge in [0.25, 0.3) is 0 Å². The van der Waals surface area contributed by atoms with Crippen molar-refractivity contribution in [2.75, 3.05) is 13.1 Å². The predicted molar refractivity (Wildman–Crippen MR) is 87.1 cm³/mol. The Bertz CT molecular complexity index is 637. The first-order chi connectivity index (χ1) is 10.7. The fourth-order valence-corrected chi connectivity index (χ4v) is 3.29. The van der Waals surface area contributed by atoms with Gasteiger partial charge in [-0.1, -0.05) is 30.3 Å². The van der Waals surface area contributed by atoms with Crippen LogP contribution >= 0.6 is 11.3 Å². The number of rotatable bonds is 5. The third-order valence-corrected chi connectivity index (χ3v) is 4.51. The lowest BCUT2D eigenvalue weighted by Gasteiger charge is -2.08. The first-order valence-corrected chi connectivity index (χ1v) is 8.08. The van der Waals surface area contributed by atoms with E-state index in [1.165, 1.54) is 4.88 Å². The van der Waals surface area contributed by atoms with Crippen molar-refractivity contribution in [3.63, 3.8) is 0 Å². The van der Waals surface area contributed by atoms with E-state index in [2.05, 4.69) is 40.8 Å². The van der Waals surface area contributed by atoms with Crippen molar-refractivity contribution in [3.05, 3.63) is 40.2 Å². The second-order valence-electron chi connectivity index (χ2n) is 5.12. The molecule has 2 heterocycles. The van der Waals surface area contributed by atoms with E-state index in [4.69, 9.17) is 4.98 Å². The number of aryl methyl sites for hydroxylation is 1. The normalized spacial score (nSPS) is 17.6. The lowest BCUT2D eigenvalue weighted by atomic mass is 10.1. The molecule has 1 atom stereocenters. The number of hydrazine groups is 2. The average Bonchev–Trinajstić information content (AvgIpc) is 3.18. The largest absolute Gasteiger partial charge is 0.354 e. The summed E-state index contributed by atoms with van der Waals surface area (Å²) in [6, 6.07) is 9.95. The highest BCUT2D eigenvalue weighted by molar-refractivity contribution is 7.12. The number of amides is 1. The molecule has 1 unspecified atom stereocenters. The van der Waals surface area contributed by atoms with Gasteiger partial charge in [-0.3, -0.25) is 4.79 Å². The highest BCUT2D eigenvalue weighted by Crippen LogP contribution is 2.27. The lowest BCUT2D eigenvalue weighted by Crippen LogP contribution is -2.44. The summed E-state index contributed by atoms with van der Waals surface area (Å²) in [5, 5.41) is 3.98. The van der Waals surface area contributed by atoms with Crippen LogP contribution in [0.4, 0.5) is 0 Å². The fraction of sp³-hybridized carbons (Fsp3) is 0.333. The van der Waals surface area contributed by atoms with Crippen molar-refractivity contribution in [1.82, 2.24) is 26.7 Å². The van der Waals surface area contributed by atoms with E-state index in [-0.39, 0.29) is 11.9 Å². The Morgan fingerprint density at radius 2 is 2.23 bits per heavy atom. The number of thiazole rings is 1. The van der Waals surface area contributed by atoms with E-state index in [9.17, 15) is 4.79 Å². The second-order valence-corrected chi connectivity index (χ2v) is 6.41. The van der Waals surface area contributed by atoms with Gasteiger partial charge in [-0.25, -0.2) is 15.8 Å². The number of aromatic nitrogens is 1. The van der Waals surface area contributed by atoms with Gasteiger partial charge >= 0.3 is 0 Å². The zero-order valence-electron chi connectivity index (χ0n) is 12.3. The smallest absolute Gasteiger partial charge is 0.239 e. The standard InChI is InChI=1S/C15H19N5OS/c1-10-14(11-5-3-2-4-6-11)18-13(22-10)7-8-16-15(21)12-9-17-20-19-12/h2-6,12,17,19-20H,7-9H2,1H3,(H,16,21). The average molecular weight is 317 g/mol. The van der Waals surface area contributed by atoms with Crippen LogP contribution < -0.4 is 21.7 Å². The van der Waals surface area contributed by atoms with Crippen LogP contribution in [0.15, 0.2) is 30.3 Å². The topological polar surface area (TPSA) is 78.1 Å². The summed E-state index contributed by atoms with van der Waals surface area (Å²) in [6.07, 6.45) is 0.748. The number of carbonyl (C=O) groups is 1. The third kappa shape index (κ3) is 3.50. The molecule has 1 saturated heterocycles. The maximum Gasteiger partial charge on any atom is 0.239 e. The predicted octanol–water partition coefficient (Wildman–Crippen LogP) is 0.758. The van der Waals surface area contributed by atoms with E-state index in [0.717, 1.165) is 22.7 Å². The number of nitrogens with one attached hydrogen (secondary N) is 4. The molecule has 6 nitrogen and oxygen atoms in total. The van der Waals surface area contributed by atoms with Crippen LogP contribution in [0.3, 0.4) is 0 Å². The van der Waals surface area contributed by atoms with E-state index in [0.29, 0.717) is 13.1 Å². The van der Waals surface area contributed by atoms with Gasteiger partial charge in [0.1, 0.15) is 6.04 Å². The Morgan fingerprint density at radius 1 is 1.41 bits per heavy atom. The van der Waals surface area contributed by atoms with Gasteiger partial charge in [0.05, 0.1) is 10.7 Å². The summed E-state index contributed by atoms with van der Waals surface area (Å²) >= 11 is 1.69. The molecule has 2 aromatic rings. The van der Waals surface area contributed by atoms with Crippen molar-refractivity contribution in [1.29, 1.82) is 0 Å². The quantitative estimate of drug-likeness (QED) is 0.655. The second kappa shape index (κ2) is 6.97. The summed E-state index contributed by atoms with van der Waals surface area (Å²) in [6.45, 7) is 3.26. The molecular weight excluding hydrogens is 298 g/mol. The molecule has 1 aliphatic rings. The molecule has 0 saturated carbocycles. The van der Waals surface area contributed by atoms with E-state index < -0.39 is 0 Å². The summed E-state index contributed by atoms with van der Waals surface area (Å²) in [5.74, 6) is -0.00550. The molecule has 1 fully saturated rings. The third-order valence-electron chi connectivity index (χ3n) is 3.48. The minimum atomic E-state index is -0.224. The maximum atomic E-state index is 11.9. The molecule has 1 aromatic heterocycles. The van der Waals surface area contributed by atoms with Gasteiger partial charge in [-0.15, -0.1) is 11.3 Å². The SMILES string of the molecule is Cc1sc(CCNC(=O)C2CNNN2)nc1-c1ccccc1.